The van der Waals surface area contributed by atoms with Gasteiger partial charge in [0.15, 0.2) is 0 Å². The van der Waals surface area contributed by atoms with E-state index in [0.717, 1.165) is 19.3 Å². The molecule has 1 saturated heterocycles. The highest BCUT2D eigenvalue weighted by molar-refractivity contribution is 5.78. The Morgan fingerprint density at radius 1 is 1.17 bits per heavy atom. The van der Waals surface area contributed by atoms with Gasteiger partial charge in [-0.1, -0.05) is 0 Å². The Morgan fingerprint density at radius 2 is 1.83 bits per heavy atom. The van der Waals surface area contributed by atoms with E-state index in [9.17, 15) is 22.8 Å². The van der Waals surface area contributed by atoms with Gasteiger partial charge in [-0.25, -0.2) is 0 Å². The molecular formula is C16H24F3NO3. The van der Waals surface area contributed by atoms with Crippen molar-refractivity contribution in [1.82, 2.24) is 4.90 Å². The van der Waals surface area contributed by atoms with Gasteiger partial charge in [0, 0.05) is 6.54 Å². The van der Waals surface area contributed by atoms with Gasteiger partial charge in [-0.2, -0.15) is 13.2 Å². The molecule has 2 rings (SSSR count). The molecule has 1 saturated carbocycles. The van der Waals surface area contributed by atoms with E-state index >= 15 is 0 Å². The van der Waals surface area contributed by atoms with Crippen molar-refractivity contribution in [3.63, 3.8) is 0 Å². The van der Waals surface area contributed by atoms with Gasteiger partial charge >= 0.3 is 12.1 Å². The molecule has 0 radical (unpaired) electrons. The maximum Gasteiger partial charge on any atom is 0.397 e. The monoisotopic (exact) mass is 335 g/mol. The van der Waals surface area contributed by atoms with Crippen molar-refractivity contribution >= 4 is 11.9 Å². The second kappa shape index (κ2) is 6.32. The number of nitrogens with zero attached hydrogens (tertiary/aromatic N) is 1. The maximum absolute atomic E-state index is 12.5. The van der Waals surface area contributed by atoms with E-state index in [1.807, 2.05) is 0 Å². The van der Waals surface area contributed by atoms with E-state index in [-0.39, 0.29) is 18.4 Å². The second-order valence-electron chi connectivity index (χ2n) is 7.69. The van der Waals surface area contributed by atoms with Crippen LogP contribution in [0.3, 0.4) is 0 Å². The van der Waals surface area contributed by atoms with Crippen LogP contribution in [0.5, 0.6) is 0 Å². The first kappa shape index (κ1) is 18.1. The number of carbonyl (C=O) groups is 2. The standard InChI is InChI=1S/C16H24F3NO3/c1-15(2,3)14(22)23-9-12-11-5-4-10(6-11)8-20(12)13(21)7-16(17,18)19/h10-12H,4-9H2,1-3H3/t10?,11-,12?/m1/s1. The van der Waals surface area contributed by atoms with E-state index < -0.39 is 35.9 Å². The lowest BCUT2D eigenvalue weighted by atomic mass is 9.90. The average Bonchev–Trinajstić information content (AvgIpc) is 2.76. The first-order chi connectivity index (χ1) is 10.5. The highest BCUT2D eigenvalue weighted by Crippen LogP contribution is 2.41. The molecule has 2 aliphatic rings. The van der Waals surface area contributed by atoms with Crippen LogP contribution in [0.4, 0.5) is 13.2 Å². The van der Waals surface area contributed by atoms with E-state index in [1.165, 1.54) is 4.90 Å². The fourth-order valence-corrected chi connectivity index (χ4v) is 3.46. The van der Waals surface area contributed by atoms with Crippen molar-refractivity contribution < 1.29 is 27.5 Å². The summed E-state index contributed by atoms with van der Waals surface area (Å²) in [6.07, 6.45) is -3.27. The molecule has 0 spiro atoms. The summed E-state index contributed by atoms with van der Waals surface area (Å²) >= 11 is 0. The minimum absolute atomic E-state index is 0.0168. The third kappa shape index (κ3) is 4.61. The third-order valence-electron chi connectivity index (χ3n) is 4.65. The topological polar surface area (TPSA) is 46.6 Å². The lowest BCUT2D eigenvalue weighted by Crippen LogP contribution is -2.52. The number of carbonyl (C=O) groups excluding carboxylic acids is 2. The number of halogens is 3. The Hall–Kier alpha value is -1.27. The molecule has 2 bridgehead atoms. The highest BCUT2D eigenvalue weighted by Gasteiger charge is 2.45. The molecule has 2 unspecified atom stereocenters. The van der Waals surface area contributed by atoms with Crippen molar-refractivity contribution in [2.24, 2.45) is 17.3 Å². The number of ether oxygens (including phenoxy) is 1. The van der Waals surface area contributed by atoms with Gasteiger partial charge in [0.1, 0.15) is 13.0 Å². The summed E-state index contributed by atoms with van der Waals surface area (Å²) in [5.41, 5.74) is -0.673. The molecule has 4 nitrogen and oxygen atoms in total. The molecule has 23 heavy (non-hydrogen) atoms. The molecule has 0 aromatic carbocycles. The Labute approximate surface area is 134 Å². The number of piperidine rings is 1. The van der Waals surface area contributed by atoms with Gasteiger partial charge < -0.3 is 9.64 Å². The molecule has 0 aromatic rings. The Balaban J connectivity index is 2.06. The van der Waals surface area contributed by atoms with Crippen LogP contribution in [0, 0.1) is 17.3 Å². The summed E-state index contributed by atoms with van der Waals surface area (Å²) in [4.78, 5) is 25.3. The molecule has 1 heterocycles. The number of hydrogen-bond acceptors (Lipinski definition) is 3. The fourth-order valence-electron chi connectivity index (χ4n) is 3.46. The molecule has 1 aliphatic heterocycles. The number of esters is 1. The van der Waals surface area contributed by atoms with Crippen LogP contribution < -0.4 is 0 Å². The van der Waals surface area contributed by atoms with Crippen molar-refractivity contribution in [3.8, 4) is 0 Å². The number of fused-ring (bicyclic) bond motifs is 2. The quantitative estimate of drug-likeness (QED) is 0.744. The Bertz CT molecular complexity index is 470. The summed E-state index contributed by atoms with van der Waals surface area (Å²) in [7, 11) is 0. The van der Waals surface area contributed by atoms with E-state index in [0.29, 0.717) is 6.54 Å². The average molecular weight is 335 g/mol. The van der Waals surface area contributed by atoms with Crippen LogP contribution >= 0.6 is 0 Å². The first-order valence-electron chi connectivity index (χ1n) is 8.01. The summed E-state index contributed by atoms with van der Waals surface area (Å²) in [5, 5.41) is 0. The number of likely N-dealkylation sites (tertiary alicyclic amines) is 1. The minimum atomic E-state index is -4.51. The van der Waals surface area contributed by atoms with Crippen LogP contribution in [-0.2, 0) is 14.3 Å². The molecule has 1 amide bonds. The van der Waals surface area contributed by atoms with Gasteiger partial charge in [0.25, 0.3) is 0 Å². The van der Waals surface area contributed by atoms with E-state index in [2.05, 4.69) is 0 Å². The Morgan fingerprint density at radius 3 is 2.39 bits per heavy atom. The number of rotatable bonds is 3. The van der Waals surface area contributed by atoms with Crippen LogP contribution in [0.15, 0.2) is 0 Å². The van der Waals surface area contributed by atoms with Crippen molar-refractivity contribution in [3.05, 3.63) is 0 Å². The van der Waals surface area contributed by atoms with Crippen molar-refractivity contribution in [1.29, 1.82) is 0 Å². The van der Waals surface area contributed by atoms with Crippen LogP contribution in [0.2, 0.25) is 0 Å². The normalized spacial score (nSPS) is 27.9. The third-order valence-corrected chi connectivity index (χ3v) is 4.65. The zero-order valence-corrected chi connectivity index (χ0v) is 13.8. The highest BCUT2D eigenvalue weighted by atomic mass is 19.4. The predicted octanol–water partition coefficient (Wildman–Crippen LogP) is 3.16. The maximum atomic E-state index is 12.5. The molecule has 2 fully saturated rings. The van der Waals surface area contributed by atoms with Crippen LogP contribution in [-0.4, -0.2) is 42.1 Å². The minimum Gasteiger partial charge on any atom is -0.463 e. The van der Waals surface area contributed by atoms with E-state index in [4.69, 9.17) is 4.74 Å². The summed E-state index contributed by atoms with van der Waals surface area (Å²) in [6, 6.07) is -0.435. The molecule has 1 aliphatic carbocycles. The van der Waals surface area contributed by atoms with Crippen LogP contribution in [0.1, 0.15) is 46.5 Å². The lowest BCUT2D eigenvalue weighted by molar-refractivity contribution is -0.170. The summed E-state index contributed by atoms with van der Waals surface area (Å²) in [5.74, 6) is -0.919. The van der Waals surface area contributed by atoms with E-state index in [1.54, 1.807) is 20.8 Å². The first-order valence-corrected chi connectivity index (χ1v) is 8.01. The van der Waals surface area contributed by atoms with Gasteiger partial charge in [-0.3, -0.25) is 9.59 Å². The SMILES string of the molecule is CC(C)(C)C(=O)OCC1[C@@H]2CCC(C2)CN1C(=O)CC(F)(F)F. The fraction of sp³-hybridized carbons (Fsp3) is 0.875. The smallest absolute Gasteiger partial charge is 0.397 e. The molecular weight excluding hydrogens is 311 g/mol. The van der Waals surface area contributed by atoms with Gasteiger partial charge in [0.2, 0.25) is 5.91 Å². The number of hydrogen-bond donors (Lipinski definition) is 0. The second-order valence-corrected chi connectivity index (χ2v) is 7.69. The summed E-state index contributed by atoms with van der Waals surface area (Å²) < 4.78 is 42.9. The van der Waals surface area contributed by atoms with Gasteiger partial charge in [0.05, 0.1) is 11.5 Å². The predicted molar refractivity (Wildman–Crippen MR) is 77.4 cm³/mol. The molecule has 7 heteroatoms. The zero-order chi connectivity index (χ0) is 17.4. The van der Waals surface area contributed by atoms with Crippen molar-refractivity contribution in [2.75, 3.05) is 13.2 Å². The lowest BCUT2D eigenvalue weighted by Gasteiger charge is -2.40. The molecule has 3 atom stereocenters. The molecule has 0 N–H and O–H groups in total. The van der Waals surface area contributed by atoms with Gasteiger partial charge in [-0.15, -0.1) is 0 Å². The van der Waals surface area contributed by atoms with Crippen molar-refractivity contribution in [2.45, 2.75) is 58.7 Å². The van der Waals surface area contributed by atoms with Crippen LogP contribution in [0.25, 0.3) is 0 Å². The molecule has 132 valence electrons. The summed E-state index contributed by atoms with van der Waals surface area (Å²) in [6.45, 7) is 5.47. The van der Waals surface area contributed by atoms with Gasteiger partial charge in [-0.05, 0) is 51.9 Å². The number of alkyl halides is 3. The largest absolute Gasteiger partial charge is 0.463 e. The zero-order valence-electron chi connectivity index (χ0n) is 13.8. The Kier molecular flexibility index (Phi) is 4.97. The number of amides is 1. The molecule has 0 aromatic heterocycles.